The highest BCUT2D eigenvalue weighted by molar-refractivity contribution is 6.34. The summed E-state index contributed by atoms with van der Waals surface area (Å²) >= 11 is 6.29. The fourth-order valence-electron chi connectivity index (χ4n) is 3.30. The van der Waals surface area contributed by atoms with Crippen LogP contribution in [0.25, 0.3) is 0 Å². The number of hydrogen-bond donors (Lipinski definition) is 3. The minimum Gasteiger partial charge on any atom is -0.496 e. The molecule has 0 aliphatic rings. The minimum absolute atomic E-state index is 0.0990. The first-order valence-electron chi connectivity index (χ1n) is 11.4. The van der Waals surface area contributed by atoms with Gasteiger partial charge < -0.3 is 20.7 Å². The second kappa shape index (κ2) is 11.3. The van der Waals surface area contributed by atoms with Gasteiger partial charge in [0.25, 0.3) is 11.8 Å². The summed E-state index contributed by atoms with van der Waals surface area (Å²) < 4.78 is 5.34. The van der Waals surface area contributed by atoms with E-state index in [0.29, 0.717) is 17.1 Å². The van der Waals surface area contributed by atoms with Crippen LogP contribution in [0.4, 0.5) is 11.4 Å². The molecule has 186 valence electrons. The van der Waals surface area contributed by atoms with Gasteiger partial charge in [0.05, 0.1) is 23.3 Å². The molecule has 0 heterocycles. The van der Waals surface area contributed by atoms with E-state index in [1.807, 2.05) is 52.9 Å². The summed E-state index contributed by atoms with van der Waals surface area (Å²) in [5.41, 5.74) is 2.84. The predicted octanol–water partition coefficient (Wildman–Crippen LogP) is 3.77. The molecular formula is C27H29BClN3O4. The van der Waals surface area contributed by atoms with Gasteiger partial charge in [-0.3, -0.25) is 14.4 Å². The van der Waals surface area contributed by atoms with Gasteiger partial charge in [0.1, 0.15) is 13.6 Å². The van der Waals surface area contributed by atoms with Gasteiger partial charge in [0.2, 0.25) is 5.91 Å². The Morgan fingerprint density at radius 3 is 2.11 bits per heavy atom. The Morgan fingerprint density at radius 1 is 0.861 bits per heavy atom. The lowest BCUT2D eigenvalue weighted by atomic mass is 9.95. The van der Waals surface area contributed by atoms with E-state index in [9.17, 15) is 14.4 Å². The molecular weight excluding hydrogens is 477 g/mol. The van der Waals surface area contributed by atoms with Gasteiger partial charge in [-0.05, 0) is 48.0 Å². The van der Waals surface area contributed by atoms with Crippen molar-refractivity contribution in [3.05, 3.63) is 82.4 Å². The average Bonchev–Trinajstić information content (AvgIpc) is 2.84. The molecule has 0 aliphatic heterocycles. The van der Waals surface area contributed by atoms with Gasteiger partial charge in [-0.25, -0.2) is 0 Å². The average molecular weight is 506 g/mol. The fraction of sp³-hybridized carbons (Fsp3) is 0.222. The maximum Gasteiger partial charge on any atom is 0.259 e. The normalized spacial score (nSPS) is 10.9. The molecule has 3 aromatic carbocycles. The van der Waals surface area contributed by atoms with Crippen LogP contribution in [0.15, 0.2) is 60.7 Å². The first kappa shape index (κ1) is 26.8. The molecule has 7 nitrogen and oxygen atoms in total. The smallest absolute Gasteiger partial charge is 0.259 e. The molecule has 3 aromatic rings. The van der Waals surface area contributed by atoms with Crippen LogP contribution in [0, 0.1) is 5.41 Å². The highest BCUT2D eigenvalue weighted by atomic mass is 35.5. The van der Waals surface area contributed by atoms with Crippen LogP contribution >= 0.6 is 11.6 Å². The lowest BCUT2D eigenvalue weighted by Gasteiger charge is -2.18. The van der Waals surface area contributed by atoms with Crippen LogP contribution in [0.2, 0.25) is 5.02 Å². The number of anilines is 2. The molecule has 0 unspecified atom stereocenters. The molecule has 0 bridgehead atoms. The molecule has 36 heavy (non-hydrogen) atoms. The van der Waals surface area contributed by atoms with Gasteiger partial charge in [-0.1, -0.05) is 56.0 Å². The van der Waals surface area contributed by atoms with Gasteiger partial charge in [-0.2, -0.15) is 0 Å². The highest BCUT2D eigenvalue weighted by Crippen LogP contribution is 2.26. The van der Waals surface area contributed by atoms with Crippen LogP contribution in [0.1, 0.15) is 47.1 Å². The third-order valence-corrected chi connectivity index (χ3v) is 5.75. The van der Waals surface area contributed by atoms with E-state index in [1.54, 1.807) is 36.4 Å². The summed E-state index contributed by atoms with van der Waals surface area (Å²) in [4.78, 5) is 38.1. The van der Waals surface area contributed by atoms with Crippen molar-refractivity contribution in [1.29, 1.82) is 0 Å². The zero-order valence-electron chi connectivity index (χ0n) is 21.0. The van der Waals surface area contributed by atoms with Crippen molar-refractivity contribution in [3.63, 3.8) is 0 Å². The molecule has 9 heteroatoms. The summed E-state index contributed by atoms with van der Waals surface area (Å²) in [6, 6.07) is 17.2. The monoisotopic (exact) mass is 505 g/mol. The summed E-state index contributed by atoms with van der Waals surface area (Å²) in [6.45, 7) is 5.74. The van der Waals surface area contributed by atoms with E-state index in [4.69, 9.17) is 16.3 Å². The number of nitrogens with one attached hydrogen (secondary N) is 3. The van der Waals surface area contributed by atoms with Crippen molar-refractivity contribution in [2.75, 3.05) is 17.7 Å². The Kier molecular flexibility index (Phi) is 8.43. The standard InChI is InChI=1S/C27H29BClN3O4/c1-27(2,3)26(35)30-15-16-5-11-22(29)20(13-16)24(33)32-19-10-12-23(36-4)21(14-19)25(34)31-18-8-6-17(28)7-9-18/h5-14H,15,28H2,1-4H3,(H,30,35)(H,31,34)(H,32,33). The number of benzene rings is 3. The van der Waals surface area contributed by atoms with Crippen LogP contribution in [-0.2, 0) is 11.3 Å². The largest absolute Gasteiger partial charge is 0.496 e. The van der Waals surface area contributed by atoms with E-state index in [0.717, 1.165) is 11.0 Å². The maximum atomic E-state index is 13.0. The van der Waals surface area contributed by atoms with E-state index >= 15 is 0 Å². The summed E-state index contributed by atoms with van der Waals surface area (Å²) in [7, 11) is 3.44. The molecule has 3 amide bonds. The lowest BCUT2D eigenvalue weighted by molar-refractivity contribution is -0.128. The first-order chi connectivity index (χ1) is 17.0. The molecule has 3 rings (SSSR count). The zero-order valence-corrected chi connectivity index (χ0v) is 21.7. The second-order valence-electron chi connectivity index (χ2n) is 9.44. The summed E-state index contributed by atoms with van der Waals surface area (Å²) in [5.74, 6) is -0.550. The Balaban J connectivity index is 1.77. The van der Waals surface area contributed by atoms with Crippen molar-refractivity contribution in [1.82, 2.24) is 5.32 Å². The molecule has 0 spiro atoms. The van der Waals surface area contributed by atoms with Crippen molar-refractivity contribution in [3.8, 4) is 5.75 Å². The van der Waals surface area contributed by atoms with Gasteiger partial charge in [0, 0.05) is 23.3 Å². The Hall–Kier alpha value is -3.78. The number of amides is 3. The Bertz CT molecular complexity index is 1290. The minimum atomic E-state index is -0.523. The third kappa shape index (κ3) is 6.89. The molecule has 0 saturated carbocycles. The fourth-order valence-corrected chi connectivity index (χ4v) is 3.50. The molecule has 0 aromatic heterocycles. The van der Waals surface area contributed by atoms with E-state index in [-0.39, 0.29) is 34.5 Å². The second-order valence-corrected chi connectivity index (χ2v) is 9.84. The molecule has 0 atom stereocenters. The van der Waals surface area contributed by atoms with Gasteiger partial charge >= 0.3 is 0 Å². The zero-order chi connectivity index (χ0) is 26.5. The number of carbonyl (C=O) groups excluding carboxylic acids is 3. The van der Waals surface area contributed by atoms with E-state index in [1.165, 1.54) is 7.11 Å². The van der Waals surface area contributed by atoms with Crippen LogP contribution in [-0.4, -0.2) is 32.7 Å². The Labute approximate surface area is 217 Å². The van der Waals surface area contributed by atoms with E-state index in [2.05, 4.69) is 16.0 Å². The van der Waals surface area contributed by atoms with Crippen molar-refractivity contribution in [2.45, 2.75) is 27.3 Å². The third-order valence-electron chi connectivity index (χ3n) is 5.42. The molecule has 0 aliphatic carbocycles. The number of halogens is 1. The number of rotatable bonds is 7. The highest BCUT2D eigenvalue weighted by Gasteiger charge is 2.21. The quantitative estimate of drug-likeness (QED) is 0.426. The van der Waals surface area contributed by atoms with Crippen molar-refractivity contribution in [2.24, 2.45) is 5.41 Å². The molecule has 0 saturated heterocycles. The number of carbonyl (C=O) groups is 3. The van der Waals surface area contributed by atoms with Gasteiger partial charge in [0.15, 0.2) is 0 Å². The van der Waals surface area contributed by atoms with Gasteiger partial charge in [-0.15, -0.1) is 0 Å². The summed E-state index contributed by atoms with van der Waals surface area (Å²) in [6.07, 6.45) is 0. The topological polar surface area (TPSA) is 96.5 Å². The number of ether oxygens (including phenoxy) is 1. The molecule has 3 N–H and O–H groups in total. The van der Waals surface area contributed by atoms with Crippen molar-refractivity contribution < 1.29 is 19.1 Å². The number of methoxy groups -OCH3 is 1. The molecule has 0 fully saturated rings. The Morgan fingerprint density at radius 2 is 1.47 bits per heavy atom. The first-order valence-corrected chi connectivity index (χ1v) is 11.8. The van der Waals surface area contributed by atoms with Crippen molar-refractivity contribution >= 4 is 54.0 Å². The maximum absolute atomic E-state index is 13.0. The van der Waals surface area contributed by atoms with Crippen LogP contribution < -0.4 is 26.2 Å². The van der Waals surface area contributed by atoms with Crippen LogP contribution in [0.3, 0.4) is 0 Å². The predicted molar refractivity (Wildman–Crippen MR) is 146 cm³/mol. The summed E-state index contributed by atoms with van der Waals surface area (Å²) in [5, 5.41) is 8.75. The molecule has 0 radical (unpaired) electrons. The SMILES string of the molecule is Bc1ccc(NC(=O)c2cc(NC(=O)c3cc(CNC(=O)C(C)(C)C)ccc3Cl)ccc2OC)cc1. The lowest BCUT2D eigenvalue weighted by Crippen LogP contribution is -2.34. The number of hydrogen-bond acceptors (Lipinski definition) is 4. The van der Waals surface area contributed by atoms with E-state index < -0.39 is 11.3 Å². The van der Waals surface area contributed by atoms with Crippen LogP contribution in [0.5, 0.6) is 5.75 Å².